The summed E-state index contributed by atoms with van der Waals surface area (Å²) in [4.78, 5) is 12.2. The summed E-state index contributed by atoms with van der Waals surface area (Å²) in [6, 6.07) is 10.4. The SMILES string of the molecule is O=C(Nc1cc(F)ccc1F)[C@@H]1Cc2ccccc2CN1. The lowest BCUT2D eigenvalue weighted by Crippen LogP contribution is -2.44. The molecule has 0 spiro atoms. The molecule has 0 saturated heterocycles. The van der Waals surface area contributed by atoms with Crippen molar-refractivity contribution in [1.29, 1.82) is 0 Å². The molecule has 1 aliphatic heterocycles. The van der Waals surface area contributed by atoms with Crippen molar-refractivity contribution < 1.29 is 13.6 Å². The molecule has 1 heterocycles. The Labute approximate surface area is 121 Å². The van der Waals surface area contributed by atoms with Crippen LogP contribution in [0.25, 0.3) is 0 Å². The minimum Gasteiger partial charge on any atom is -0.322 e. The van der Waals surface area contributed by atoms with Gasteiger partial charge in [-0.3, -0.25) is 4.79 Å². The predicted molar refractivity (Wildman–Crippen MR) is 75.8 cm³/mol. The van der Waals surface area contributed by atoms with Gasteiger partial charge < -0.3 is 10.6 Å². The zero-order chi connectivity index (χ0) is 14.8. The van der Waals surface area contributed by atoms with Crippen LogP contribution in [0.15, 0.2) is 42.5 Å². The first kappa shape index (κ1) is 13.7. The van der Waals surface area contributed by atoms with Crippen molar-refractivity contribution in [2.45, 2.75) is 19.0 Å². The summed E-state index contributed by atoms with van der Waals surface area (Å²) in [6.07, 6.45) is 0.527. The highest BCUT2D eigenvalue weighted by Gasteiger charge is 2.24. The Kier molecular flexibility index (Phi) is 3.66. The third kappa shape index (κ3) is 2.92. The van der Waals surface area contributed by atoms with Gasteiger partial charge in [0.05, 0.1) is 11.7 Å². The molecule has 1 atom stereocenters. The summed E-state index contributed by atoms with van der Waals surface area (Å²) >= 11 is 0. The third-order valence-electron chi connectivity index (χ3n) is 3.58. The molecule has 3 rings (SSSR count). The van der Waals surface area contributed by atoms with E-state index in [2.05, 4.69) is 10.6 Å². The van der Waals surface area contributed by atoms with E-state index in [9.17, 15) is 13.6 Å². The molecule has 1 amide bonds. The van der Waals surface area contributed by atoms with Crippen LogP contribution in [0.5, 0.6) is 0 Å². The number of hydrogen-bond donors (Lipinski definition) is 2. The zero-order valence-electron chi connectivity index (χ0n) is 11.2. The molecule has 0 saturated carbocycles. The van der Waals surface area contributed by atoms with Crippen molar-refractivity contribution >= 4 is 11.6 Å². The van der Waals surface area contributed by atoms with Gasteiger partial charge in [0.25, 0.3) is 0 Å². The molecule has 1 aliphatic rings. The van der Waals surface area contributed by atoms with Crippen LogP contribution in [0.4, 0.5) is 14.5 Å². The van der Waals surface area contributed by atoms with Crippen LogP contribution in [-0.2, 0) is 17.8 Å². The number of benzene rings is 2. The van der Waals surface area contributed by atoms with E-state index in [0.29, 0.717) is 13.0 Å². The molecule has 0 aromatic heterocycles. The average Bonchev–Trinajstić information content (AvgIpc) is 2.50. The molecular weight excluding hydrogens is 274 g/mol. The van der Waals surface area contributed by atoms with E-state index >= 15 is 0 Å². The van der Waals surface area contributed by atoms with Gasteiger partial charge in [-0.2, -0.15) is 0 Å². The molecule has 2 aromatic rings. The number of rotatable bonds is 2. The Morgan fingerprint density at radius 2 is 1.90 bits per heavy atom. The van der Waals surface area contributed by atoms with Gasteiger partial charge in [0.15, 0.2) is 0 Å². The molecule has 21 heavy (non-hydrogen) atoms. The van der Waals surface area contributed by atoms with E-state index in [0.717, 1.165) is 29.3 Å². The minimum absolute atomic E-state index is 0.138. The van der Waals surface area contributed by atoms with Gasteiger partial charge in [0, 0.05) is 12.6 Å². The molecule has 0 aliphatic carbocycles. The summed E-state index contributed by atoms with van der Waals surface area (Å²) in [6.45, 7) is 0.583. The average molecular weight is 288 g/mol. The summed E-state index contributed by atoms with van der Waals surface area (Å²) < 4.78 is 26.6. The minimum atomic E-state index is -0.652. The normalized spacial score (nSPS) is 17.1. The molecule has 0 radical (unpaired) electrons. The Morgan fingerprint density at radius 3 is 2.71 bits per heavy atom. The lowest BCUT2D eigenvalue weighted by Gasteiger charge is -2.25. The fourth-order valence-corrected chi connectivity index (χ4v) is 2.45. The molecular formula is C16H14F2N2O. The van der Waals surface area contributed by atoms with Crippen LogP contribution < -0.4 is 10.6 Å². The second kappa shape index (κ2) is 5.61. The van der Waals surface area contributed by atoms with Gasteiger partial charge in [-0.15, -0.1) is 0 Å². The van der Waals surface area contributed by atoms with Gasteiger partial charge in [-0.25, -0.2) is 8.78 Å². The van der Waals surface area contributed by atoms with Crippen molar-refractivity contribution in [2.24, 2.45) is 0 Å². The maximum atomic E-state index is 13.5. The van der Waals surface area contributed by atoms with Crippen LogP contribution in [-0.4, -0.2) is 11.9 Å². The van der Waals surface area contributed by atoms with Crippen molar-refractivity contribution in [3.8, 4) is 0 Å². The van der Waals surface area contributed by atoms with Gasteiger partial charge in [-0.05, 0) is 29.7 Å². The first-order chi connectivity index (χ1) is 10.1. The molecule has 0 fully saturated rings. The highest BCUT2D eigenvalue weighted by Crippen LogP contribution is 2.19. The number of anilines is 1. The molecule has 2 aromatic carbocycles. The fraction of sp³-hybridized carbons (Fsp3) is 0.188. The van der Waals surface area contributed by atoms with Crippen LogP contribution >= 0.6 is 0 Å². The summed E-state index contributed by atoms with van der Waals surface area (Å²) in [5.41, 5.74) is 2.11. The zero-order valence-corrected chi connectivity index (χ0v) is 11.2. The van der Waals surface area contributed by atoms with E-state index in [1.165, 1.54) is 0 Å². The maximum Gasteiger partial charge on any atom is 0.241 e. The number of carbonyl (C=O) groups is 1. The third-order valence-corrected chi connectivity index (χ3v) is 3.58. The van der Waals surface area contributed by atoms with E-state index in [-0.39, 0.29) is 11.6 Å². The van der Waals surface area contributed by atoms with Crippen molar-refractivity contribution in [2.75, 3.05) is 5.32 Å². The Balaban J connectivity index is 1.74. The number of carbonyl (C=O) groups excluding carboxylic acids is 1. The van der Waals surface area contributed by atoms with Crippen molar-refractivity contribution in [3.05, 3.63) is 65.2 Å². The predicted octanol–water partition coefficient (Wildman–Crippen LogP) is 2.62. The summed E-state index contributed by atoms with van der Waals surface area (Å²) in [7, 11) is 0. The molecule has 2 N–H and O–H groups in total. The van der Waals surface area contributed by atoms with Crippen molar-refractivity contribution in [1.82, 2.24) is 5.32 Å². The lowest BCUT2D eigenvalue weighted by atomic mass is 9.95. The van der Waals surface area contributed by atoms with E-state index in [1.54, 1.807) is 0 Å². The highest BCUT2D eigenvalue weighted by molar-refractivity contribution is 5.95. The molecule has 3 nitrogen and oxygen atoms in total. The summed E-state index contributed by atoms with van der Waals surface area (Å²) in [5, 5.41) is 5.54. The summed E-state index contributed by atoms with van der Waals surface area (Å²) in [5.74, 6) is -1.61. The lowest BCUT2D eigenvalue weighted by molar-refractivity contribution is -0.118. The van der Waals surface area contributed by atoms with Gasteiger partial charge in [0.1, 0.15) is 11.6 Å². The van der Waals surface area contributed by atoms with Crippen LogP contribution in [0.1, 0.15) is 11.1 Å². The quantitative estimate of drug-likeness (QED) is 0.892. The first-order valence-corrected chi connectivity index (χ1v) is 6.69. The monoisotopic (exact) mass is 288 g/mol. The standard InChI is InChI=1S/C16H14F2N2O/c17-12-5-6-13(18)14(8-12)20-16(21)15-7-10-3-1-2-4-11(10)9-19-15/h1-6,8,15,19H,7,9H2,(H,20,21)/t15-/m0/s1. The van der Waals surface area contributed by atoms with Gasteiger partial charge >= 0.3 is 0 Å². The van der Waals surface area contributed by atoms with E-state index in [4.69, 9.17) is 0 Å². The second-order valence-electron chi connectivity index (χ2n) is 5.02. The van der Waals surface area contributed by atoms with Gasteiger partial charge in [-0.1, -0.05) is 24.3 Å². The Bertz CT molecular complexity index is 688. The fourth-order valence-electron chi connectivity index (χ4n) is 2.45. The smallest absolute Gasteiger partial charge is 0.241 e. The number of amides is 1. The maximum absolute atomic E-state index is 13.5. The first-order valence-electron chi connectivity index (χ1n) is 6.69. The van der Waals surface area contributed by atoms with E-state index in [1.807, 2.05) is 24.3 Å². The second-order valence-corrected chi connectivity index (χ2v) is 5.02. The van der Waals surface area contributed by atoms with E-state index < -0.39 is 17.7 Å². The van der Waals surface area contributed by atoms with Crippen LogP contribution in [0.3, 0.4) is 0 Å². The molecule has 5 heteroatoms. The van der Waals surface area contributed by atoms with Crippen molar-refractivity contribution in [3.63, 3.8) is 0 Å². The number of halogens is 2. The topological polar surface area (TPSA) is 41.1 Å². The highest BCUT2D eigenvalue weighted by atomic mass is 19.1. The van der Waals surface area contributed by atoms with Crippen LogP contribution in [0, 0.1) is 11.6 Å². The largest absolute Gasteiger partial charge is 0.322 e. The van der Waals surface area contributed by atoms with Crippen LogP contribution in [0.2, 0.25) is 0 Å². The molecule has 108 valence electrons. The number of hydrogen-bond acceptors (Lipinski definition) is 2. The van der Waals surface area contributed by atoms with Gasteiger partial charge in [0.2, 0.25) is 5.91 Å². The number of fused-ring (bicyclic) bond motifs is 1. The Morgan fingerprint density at radius 1 is 1.14 bits per heavy atom. The Hall–Kier alpha value is -2.27. The number of nitrogens with one attached hydrogen (secondary N) is 2. The molecule has 0 bridgehead atoms. The molecule has 0 unspecified atom stereocenters.